The molecular weight excluding hydrogens is 244 g/mol. The largest absolute Gasteiger partial charge is 0.463 e. The van der Waals surface area contributed by atoms with Crippen molar-refractivity contribution < 1.29 is 14.3 Å². The smallest absolute Gasteiger partial charge is 0.308 e. The zero-order valence-corrected chi connectivity index (χ0v) is 11.3. The summed E-state index contributed by atoms with van der Waals surface area (Å²) >= 11 is 0. The number of hydrogen-bond acceptors (Lipinski definition) is 4. The summed E-state index contributed by atoms with van der Waals surface area (Å²) in [7, 11) is 0. The van der Waals surface area contributed by atoms with Crippen LogP contribution in [0, 0.1) is 0 Å². The van der Waals surface area contributed by atoms with Gasteiger partial charge in [0.2, 0.25) is 5.91 Å². The minimum atomic E-state index is -0.413. The minimum Gasteiger partial charge on any atom is -0.463 e. The lowest BCUT2D eigenvalue weighted by Gasteiger charge is -2.19. The maximum atomic E-state index is 11.7. The van der Waals surface area contributed by atoms with Crippen LogP contribution in [0.3, 0.4) is 0 Å². The van der Waals surface area contributed by atoms with Gasteiger partial charge in [0.25, 0.3) is 0 Å². The Morgan fingerprint density at radius 1 is 1.26 bits per heavy atom. The summed E-state index contributed by atoms with van der Waals surface area (Å²) in [6, 6.07) is 8.87. The van der Waals surface area contributed by atoms with Gasteiger partial charge in [0.15, 0.2) is 0 Å². The third kappa shape index (κ3) is 5.52. The van der Waals surface area contributed by atoms with E-state index < -0.39 is 6.04 Å². The van der Waals surface area contributed by atoms with E-state index >= 15 is 0 Å². The second kappa shape index (κ2) is 7.53. The van der Waals surface area contributed by atoms with Crippen molar-refractivity contribution in [1.82, 2.24) is 5.32 Å². The van der Waals surface area contributed by atoms with E-state index in [-0.39, 0.29) is 30.9 Å². The molecule has 1 unspecified atom stereocenters. The summed E-state index contributed by atoms with van der Waals surface area (Å²) < 4.78 is 5.10. The average Bonchev–Trinajstić information content (AvgIpc) is 2.37. The molecule has 1 aromatic rings. The van der Waals surface area contributed by atoms with Crippen molar-refractivity contribution in [2.75, 3.05) is 6.54 Å². The minimum absolute atomic E-state index is 0.0912. The summed E-state index contributed by atoms with van der Waals surface area (Å²) in [5, 5.41) is 2.72. The zero-order chi connectivity index (χ0) is 14.3. The van der Waals surface area contributed by atoms with Crippen LogP contribution in [0.2, 0.25) is 0 Å². The molecule has 1 rings (SSSR count). The van der Waals surface area contributed by atoms with E-state index in [2.05, 4.69) is 5.32 Å². The number of carbonyl (C=O) groups is 2. The standard InChI is InChI=1S/C14H20N2O3/c1-10(2)19-14(18)8-12(16-13(17)9-15)11-6-4-3-5-7-11/h3-7,10,12H,8-9,15H2,1-2H3,(H,16,17). The molecule has 0 saturated heterocycles. The van der Waals surface area contributed by atoms with Gasteiger partial charge < -0.3 is 15.8 Å². The highest BCUT2D eigenvalue weighted by molar-refractivity contribution is 5.79. The molecule has 5 heteroatoms. The van der Waals surface area contributed by atoms with E-state index in [9.17, 15) is 9.59 Å². The van der Waals surface area contributed by atoms with E-state index in [0.717, 1.165) is 5.56 Å². The van der Waals surface area contributed by atoms with Gasteiger partial charge in [-0.25, -0.2) is 0 Å². The Balaban J connectivity index is 2.75. The van der Waals surface area contributed by atoms with Crippen LogP contribution in [0.5, 0.6) is 0 Å². The fourth-order valence-corrected chi connectivity index (χ4v) is 1.67. The van der Waals surface area contributed by atoms with Crippen molar-refractivity contribution in [3.63, 3.8) is 0 Å². The Labute approximate surface area is 113 Å². The van der Waals surface area contributed by atoms with E-state index in [1.807, 2.05) is 30.3 Å². The number of amides is 1. The van der Waals surface area contributed by atoms with E-state index in [1.165, 1.54) is 0 Å². The summed E-state index contributed by atoms with van der Waals surface area (Å²) in [6.45, 7) is 3.46. The number of nitrogens with one attached hydrogen (secondary N) is 1. The Morgan fingerprint density at radius 2 is 1.89 bits per heavy atom. The van der Waals surface area contributed by atoms with Gasteiger partial charge in [-0.1, -0.05) is 30.3 Å². The predicted octanol–water partition coefficient (Wildman–Crippen LogP) is 1.14. The zero-order valence-electron chi connectivity index (χ0n) is 11.3. The third-order valence-electron chi connectivity index (χ3n) is 2.46. The first kappa shape index (κ1) is 15.2. The van der Waals surface area contributed by atoms with Crippen molar-refractivity contribution in [2.24, 2.45) is 5.73 Å². The lowest BCUT2D eigenvalue weighted by molar-refractivity contribution is -0.148. The van der Waals surface area contributed by atoms with E-state index in [4.69, 9.17) is 10.5 Å². The van der Waals surface area contributed by atoms with Gasteiger partial charge in [-0.05, 0) is 19.4 Å². The number of hydrogen-bond donors (Lipinski definition) is 2. The number of carbonyl (C=O) groups excluding carboxylic acids is 2. The van der Waals surface area contributed by atoms with Crippen LogP contribution in [-0.4, -0.2) is 24.5 Å². The van der Waals surface area contributed by atoms with Crippen LogP contribution in [0.4, 0.5) is 0 Å². The number of benzene rings is 1. The van der Waals surface area contributed by atoms with Crippen molar-refractivity contribution in [3.8, 4) is 0 Å². The van der Waals surface area contributed by atoms with Gasteiger partial charge >= 0.3 is 5.97 Å². The first-order valence-corrected chi connectivity index (χ1v) is 6.26. The van der Waals surface area contributed by atoms with Crippen LogP contribution in [0.1, 0.15) is 31.9 Å². The molecule has 1 amide bonds. The average molecular weight is 264 g/mol. The quantitative estimate of drug-likeness (QED) is 0.755. The highest BCUT2D eigenvalue weighted by Gasteiger charge is 2.19. The molecule has 0 aliphatic rings. The third-order valence-corrected chi connectivity index (χ3v) is 2.46. The molecule has 0 bridgehead atoms. The van der Waals surface area contributed by atoms with Crippen molar-refractivity contribution in [1.29, 1.82) is 0 Å². The Kier molecular flexibility index (Phi) is 6.02. The van der Waals surface area contributed by atoms with Crippen molar-refractivity contribution in [3.05, 3.63) is 35.9 Å². The molecule has 0 heterocycles. The van der Waals surface area contributed by atoms with Gasteiger partial charge in [-0.15, -0.1) is 0 Å². The summed E-state index contributed by atoms with van der Waals surface area (Å²) in [5.41, 5.74) is 6.13. The molecule has 0 saturated carbocycles. The second-order valence-electron chi connectivity index (χ2n) is 4.48. The Bertz CT molecular complexity index is 418. The van der Waals surface area contributed by atoms with Gasteiger partial charge in [0.05, 0.1) is 25.1 Å². The molecule has 1 aromatic carbocycles. The van der Waals surface area contributed by atoms with E-state index in [0.29, 0.717) is 0 Å². The highest BCUT2D eigenvalue weighted by atomic mass is 16.5. The fourth-order valence-electron chi connectivity index (χ4n) is 1.67. The van der Waals surface area contributed by atoms with Crippen LogP contribution in [0.25, 0.3) is 0 Å². The molecule has 0 spiro atoms. The second-order valence-corrected chi connectivity index (χ2v) is 4.48. The van der Waals surface area contributed by atoms with Crippen LogP contribution in [-0.2, 0) is 14.3 Å². The first-order valence-electron chi connectivity index (χ1n) is 6.26. The first-order chi connectivity index (χ1) is 9.02. The van der Waals surface area contributed by atoms with Crippen LogP contribution < -0.4 is 11.1 Å². The van der Waals surface area contributed by atoms with Gasteiger partial charge in [0.1, 0.15) is 0 Å². The van der Waals surface area contributed by atoms with Gasteiger partial charge in [-0.2, -0.15) is 0 Å². The molecule has 1 atom stereocenters. The summed E-state index contributed by atoms with van der Waals surface area (Å²) in [4.78, 5) is 23.1. The maximum absolute atomic E-state index is 11.7. The van der Waals surface area contributed by atoms with Gasteiger partial charge in [-0.3, -0.25) is 9.59 Å². The monoisotopic (exact) mass is 264 g/mol. The molecule has 0 aliphatic heterocycles. The molecule has 0 aromatic heterocycles. The molecule has 5 nitrogen and oxygen atoms in total. The molecular formula is C14H20N2O3. The molecule has 0 radical (unpaired) electrons. The molecule has 0 aliphatic carbocycles. The van der Waals surface area contributed by atoms with Crippen molar-refractivity contribution >= 4 is 11.9 Å². The molecule has 19 heavy (non-hydrogen) atoms. The maximum Gasteiger partial charge on any atom is 0.308 e. The van der Waals surface area contributed by atoms with Crippen molar-refractivity contribution in [2.45, 2.75) is 32.4 Å². The molecule has 3 N–H and O–H groups in total. The summed E-state index contributed by atoms with van der Waals surface area (Å²) in [5.74, 6) is -0.646. The Hall–Kier alpha value is -1.88. The SMILES string of the molecule is CC(C)OC(=O)CC(NC(=O)CN)c1ccccc1. The normalized spacial score (nSPS) is 12.0. The number of ether oxygens (including phenoxy) is 1. The topological polar surface area (TPSA) is 81.4 Å². The number of rotatable bonds is 6. The fraction of sp³-hybridized carbons (Fsp3) is 0.429. The highest BCUT2D eigenvalue weighted by Crippen LogP contribution is 2.17. The van der Waals surface area contributed by atoms with Crippen LogP contribution in [0.15, 0.2) is 30.3 Å². The summed E-state index contributed by atoms with van der Waals surface area (Å²) in [6.07, 6.45) is -0.0809. The molecule has 104 valence electrons. The van der Waals surface area contributed by atoms with Crippen LogP contribution >= 0.6 is 0 Å². The number of nitrogens with two attached hydrogens (primary N) is 1. The lowest BCUT2D eigenvalue weighted by Crippen LogP contribution is -2.35. The van der Waals surface area contributed by atoms with E-state index in [1.54, 1.807) is 13.8 Å². The lowest BCUT2D eigenvalue weighted by atomic mass is 10.0. The Morgan fingerprint density at radius 3 is 2.42 bits per heavy atom. The molecule has 0 fully saturated rings. The predicted molar refractivity (Wildman–Crippen MR) is 72.2 cm³/mol. The number of esters is 1. The van der Waals surface area contributed by atoms with Gasteiger partial charge in [0, 0.05) is 0 Å².